The number of halogens is 1. The zero-order valence-electron chi connectivity index (χ0n) is 16.4. The quantitative estimate of drug-likeness (QED) is 0.493. The molecule has 2 aromatic heterocycles. The number of hydrogen-bond donors (Lipinski definition) is 2. The number of aromatic nitrogens is 4. The number of fused-ring (bicyclic) bond motifs is 1. The first kappa shape index (κ1) is 20.8. The van der Waals surface area contributed by atoms with Gasteiger partial charge in [-0.1, -0.05) is 15.9 Å². The second kappa shape index (κ2) is 9.08. The number of hydrogen-bond acceptors (Lipinski definition) is 7. The summed E-state index contributed by atoms with van der Waals surface area (Å²) >= 11 is 3.44. The molecular formula is C19H22BrN5O4. The van der Waals surface area contributed by atoms with E-state index in [0.717, 1.165) is 15.8 Å². The SMILES string of the molecule is CCOC(=O)CCc1c(C)nc2nc(NCc3cc(Br)ccc3OC)[nH]n2c1=O. The van der Waals surface area contributed by atoms with E-state index >= 15 is 0 Å². The predicted octanol–water partition coefficient (Wildman–Crippen LogP) is 2.60. The van der Waals surface area contributed by atoms with Crippen molar-refractivity contribution in [3.8, 4) is 5.75 Å². The Bertz CT molecular complexity index is 1090. The molecule has 0 unspecified atom stereocenters. The van der Waals surface area contributed by atoms with Gasteiger partial charge in [-0.3, -0.25) is 14.7 Å². The van der Waals surface area contributed by atoms with E-state index in [1.807, 2.05) is 18.2 Å². The van der Waals surface area contributed by atoms with Crippen LogP contribution in [0.4, 0.5) is 5.95 Å². The lowest BCUT2D eigenvalue weighted by molar-refractivity contribution is -0.143. The number of nitrogens with one attached hydrogen (secondary N) is 2. The predicted molar refractivity (Wildman–Crippen MR) is 111 cm³/mol. The van der Waals surface area contributed by atoms with Crippen molar-refractivity contribution in [1.82, 2.24) is 19.6 Å². The minimum atomic E-state index is -0.341. The smallest absolute Gasteiger partial charge is 0.306 e. The minimum Gasteiger partial charge on any atom is -0.496 e. The highest BCUT2D eigenvalue weighted by atomic mass is 79.9. The van der Waals surface area contributed by atoms with Gasteiger partial charge in [0.1, 0.15) is 5.75 Å². The van der Waals surface area contributed by atoms with Crippen molar-refractivity contribution in [3.05, 3.63) is 49.8 Å². The van der Waals surface area contributed by atoms with E-state index in [1.165, 1.54) is 4.52 Å². The largest absolute Gasteiger partial charge is 0.496 e. The molecule has 0 atom stereocenters. The first-order chi connectivity index (χ1) is 13.9. The second-order valence-electron chi connectivity index (χ2n) is 6.30. The summed E-state index contributed by atoms with van der Waals surface area (Å²) in [5, 5.41) is 6.06. The third kappa shape index (κ3) is 4.76. The van der Waals surface area contributed by atoms with Gasteiger partial charge in [0.15, 0.2) is 0 Å². The van der Waals surface area contributed by atoms with Crippen LogP contribution in [0.25, 0.3) is 5.78 Å². The zero-order chi connectivity index (χ0) is 21.0. The number of esters is 1. The molecule has 2 heterocycles. The van der Waals surface area contributed by atoms with Crippen molar-refractivity contribution in [2.24, 2.45) is 0 Å². The molecule has 0 spiro atoms. The number of benzene rings is 1. The van der Waals surface area contributed by atoms with Crippen LogP contribution in [0.15, 0.2) is 27.5 Å². The highest BCUT2D eigenvalue weighted by Crippen LogP contribution is 2.23. The summed E-state index contributed by atoms with van der Waals surface area (Å²) in [6.45, 7) is 4.23. The van der Waals surface area contributed by atoms with E-state index in [1.54, 1.807) is 21.0 Å². The lowest BCUT2D eigenvalue weighted by Crippen LogP contribution is -2.23. The highest BCUT2D eigenvalue weighted by molar-refractivity contribution is 9.10. The van der Waals surface area contributed by atoms with Gasteiger partial charge in [0.2, 0.25) is 5.95 Å². The molecule has 10 heteroatoms. The third-order valence-corrected chi connectivity index (χ3v) is 4.86. The number of rotatable bonds is 8. The van der Waals surface area contributed by atoms with Crippen molar-refractivity contribution >= 4 is 33.6 Å². The Morgan fingerprint density at radius 2 is 2.14 bits per heavy atom. The van der Waals surface area contributed by atoms with Crippen LogP contribution in [-0.2, 0) is 22.5 Å². The van der Waals surface area contributed by atoms with Crippen LogP contribution >= 0.6 is 15.9 Å². The molecule has 0 aliphatic heterocycles. The van der Waals surface area contributed by atoms with Crippen molar-refractivity contribution in [2.75, 3.05) is 19.0 Å². The Morgan fingerprint density at radius 3 is 2.86 bits per heavy atom. The molecule has 1 aromatic carbocycles. The summed E-state index contributed by atoms with van der Waals surface area (Å²) in [4.78, 5) is 33.1. The van der Waals surface area contributed by atoms with Gasteiger partial charge in [-0.2, -0.15) is 9.50 Å². The summed E-state index contributed by atoms with van der Waals surface area (Å²) in [6, 6.07) is 5.70. The molecule has 3 aromatic rings. The molecule has 0 aliphatic carbocycles. The Balaban J connectivity index is 1.81. The first-order valence-electron chi connectivity index (χ1n) is 9.13. The van der Waals surface area contributed by atoms with Gasteiger partial charge in [-0.15, -0.1) is 0 Å². The third-order valence-electron chi connectivity index (χ3n) is 4.37. The lowest BCUT2D eigenvalue weighted by Gasteiger charge is -2.09. The number of aromatic amines is 1. The van der Waals surface area contributed by atoms with Crippen molar-refractivity contribution in [2.45, 2.75) is 33.2 Å². The molecule has 29 heavy (non-hydrogen) atoms. The summed E-state index contributed by atoms with van der Waals surface area (Å²) < 4.78 is 12.5. The number of aryl methyl sites for hydroxylation is 1. The van der Waals surface area contributed by atoms with E-state index in [-0.39, 0.29) is 30.1 Å². The topological polar surface area (TPSA) is 111 Å². The normalized spacial score (nSPS) is 10.9. The Kier molecular flexibility index (Phi) is 6.53. The molecule has 9 nitrogen and oxygen atoms in total. The van der Waals surface area contributed by atoms with E-state index in [4.69, 9.17) is 9.47 Å². The maximum Gasteiger partial charge on any atom is 0.306 e. The van der Waals surface area contributed by atoms with Gasteiger partial charge < -0.3 is 14.8 Å². The summed E-state index contributed by atoms with van der Waals surface area (Å²) in [5.74, 6) is 1.06. The highest BCUT2D eigenvalue weighted by Gasteiger charge is 2.15. The van der Waals surface area contributed by atoms with Crippen LogP contribution in [-0.4, -0.2) is 39.3 Å². The summed E-state index contributed by atoms with van der Waals surface area (Å²) in [7, 11) is 1.61. The molecule has 0 aliphatic rings. The van der Waals surface area contributed by atoms with E-state index in [2.05, 4.69) is 36.3 Å². The standard InChI is InChI=1S/C19H22BrN5O4/c1-4-29-16(26)8-6-14-11(2)22-19-23-18(24-25(19)17(14)27)21-10-12-9-13(20)5-7-15(12)28-3/h5,7,9H,4,6,8,10H2,1-3H3,(H2,21,22,23,24). The van der Waals surface area contributed by atoms with Crippen LogP contribution in [0.1, 0.15) is 30.2 Å². The lowest BCUT2D eigenvalue weighted by atomic mass is 10.1. The number of carbonyl (C=O) groups is 1. The van der Waals surface area contributed by atoms with Gasteiger partial charge in [0.25, 0.3) is 11.3 Å². The fraction of sp³-hybridized carbons (Fsp3) is 0.368. The first-order valence-corrected chi connectivity index (χ1v) is 9.92. The molecule has 0 saturated heterocycles. The number of nitrogens with zero attached hydrogens (tertiary/aromatic N) is 3. The Hall–Kier alpha value is -2.88. The number of methoxy groups -OCH3 is 1. The van der Waals surface area contributed by atoms with Gasteiger partial charge >= 0.3 is 5.97 Å². The monoisotopic (exact) mass is 463 g/mol. The van der Waals surface area contributed by atoms with Crippen molar-refractivity contribution in [1.29, 1.82) is 0 Å². The van der Waals surface area contributed by atoms with Crippen LogP contribution in [0.5, 0.6) is 5.75 Å². The van der Waals surface area contributed by atoms with Gasteiger partial charge in [0, 0.05) is 28.6 Å². The maximum atomic E-state index is 12.8. The Labute approximate surface area is 175 Å². The summed E-state index contributed by atoms with van der Waals surface area (Å²) in [5.41, 5.74) is 1.65. The fourth-order valence-electron chi connectivity index (χ4n) is 2.95. The zero-order valence-corrected chi connectivity index (χ0v) is 18.0. The molecular weight excluding hydrogens is 442 g/mol. The van der Waals surface area contributed by atoms with Crippen LogP contribution in [0.3, 0.4) is 0 Å². The number of ether oxygens (including phenoxy) is 2. The molecule has 0 fully saturated rings. The fourth-order valence-corrected chi connectivity index (χ4v) is 3.35. The average Bonchev–Trinajstić information content (AvgIpc) is 3.09. The minimum absolute atomic E-state index is 0.125. The van der Waals surface area contributed by atoms with Crippen LogP contribution in [0.2, 0.25) is 0 Å². The van der Waals surface area contributed by atoms with Gasteiger partial charge in [0.05, 0.1) is 19.4 Å². The van der Waals surface area contributed by atoms with Gasteiger partial charge in [-0.25, -0.2) is 4.98 Å². The number of anilines is 1. The molecule has 3 rings (SSSR count). The molecule has 0 radical (unpaired) electrons. The molecule has 0 saturated carbocycles. The van der Waals surface area contributed by atoms with E-state index in [9.17, 15) is 9.59 Å². The summed E-state index contributed by atoms with van der Waals surface area (Å²) in [6.07, 6.45) is 0.385. The number of H-pyrrole nitrogens is 1. The molecule has 2 N–H and O–H groups in total. The second-order valence-corrected chi connectivity index (χ2v) is 7.22. The average molecular weight is 464 g/mol. The van der Waals surface area contributed by atoms with E-state index < -0.39 is 0 Å². The molecule has 0 amide bonds. The van der Waals surface area contributed by atoms with Crippen LogP contribution in [0, 0.1) is 6.92 Å². The Morgan fingerprint density at radius 1 is 1.34 bits per heavy atom. The van der Waals surface area contributed by atoms with Crippen molar-refractivity contribution < 1.29 is 14.3 Å². The molecule has 154 valence electrons. The van der Waals surface area contributed by atoms with Gasteiger partial charge in [-0.05, 0) is 38.5 Å². The van der Waals surface area contributed by atoms with Crippen LogP contribution < -0.4 is 15.6 Å². The number of carbonyl (C=O) groups excluding carboxylic acids is 1. The van der Waals surface area contributed by atoms with E-state index in [0.29, 0.717) is 30.4 Å². The maximum absolute atomic E-state index is 12.8. The van der Waals surface area contributed by atoms with Crippen molar-refractivity contribution in [3.63, 3.8) is 0 Å². The molecule has 0 bridgehead atoms.